The lowest BCUT2D eigenvalue weighted by atomic mass is 10.1. The van der Waals surface area contributed by atoms with Crippen molar-refractivity contribution < 1.29 is 9.90 Å². The molecular weight excluding hydrogens is 276 g/mol. The van der Waals surface area contributed by atoms with Gasteiger partial charge in [0.25, 0.3) is 0 Å². The van der Waals surface area contributed by atoms with E-state index >= 15 is 0 Å². The van der Waals surface area contributed by atoms with E-state index in [0.29, 0.717) is 0 Å². The van der Waals surface area contributed by atoms with Gasteiger partial charge in [0.05, 0.1) is 0 Å². The van der Waals surface area contributed by atoms with Crippen molar-refractivity contribution in [3.05, 3.63) is 53.6 Å². The molecule has 2 aromatic rings. The van der Waals surface area contributed by atoms with Gasteiger partial charge in [0, 0.05) is 17.9 Å². The monoisotopic (exact) mass is 296 g/mol. The SMILES string of the molecule is Cc1cc(O)ccc1NC(=O)N1CCCCc2ccccc21. The van der Waals surface area contributed by atoms with Gasteiger partial charge in [-0.25, -0.2) is 4.79 Å². The number of fused-ring (bicyclic) bond motifs is 1. The molecule has 3 rings (SSSR count). The molecule has 1 aliphatic rings. The van der Waals surface area contributed by atoms with Gasteiger partial charge in [0.2, 0.25) is 0 Å². The summed E-state index contributed by atoms with van der Waals surface area (Å²) in [6.45, 7) is 2.59. The number of phenolic OH excluding ortho intramolecular Hbond substituents is 1. The number of hydrogen-bond donors (Lipinski definition) is 2. The number of carbonyl (C=O) groups is 1. The minimum absolute atomic E-state index is 0.122. The molecule has 0 spiro atoms. The fourth-order valence-electron chi connectivity index (χ4n) is 2.87. The van der Waals surface area contributed by atoms with Crippen molar-refractivity contribution in [2.75, 3.05) is 16.8 Å². The van der Waals surface area contributed by atoms with Gasteiger partial charge in [0.1, 0.15) is 5.75 Å². The Bertz CT molecular complexity index is 697. The van der Waals surface area contributed by atoms with Crippen LogP contribution in [0.2, 0.25) is 0 Å². The fraction of sp³-hybridized carbons (Fsp3) is 0.278. The van der Waals surface area contributed by atoms with Crippen LogP contribution in [0.5, 0.6) is 5.75 Å². The molecule has 1 aliphatic heterocycles. The number of benzene rings is 2. The van der Waals surface area contributed by atoms with Crippen LogP contribution in [-0.2, 0) is 6.42 Å². The number of carbonyl (C=O) groups excluding carboxylic acids is 1. The zero-order chi connectivity index (χ0) is 15.5. The van der Waals surface area contributed by atoms with E-state index in [9.17, 15) is 9.90 Å². The Hall–Kier alpha value is -2.49. The van der Waals surface area contributed by atoms with Gasteiger partial charge >= 0.3 is 6.03 Å². The second kappa shape index (κ2) is 6.10. The third-order valence-corrected chi connectivity index (χ3v) is 4.06. The summed E-state index contributed by atoms with van der Waals surface area (Å²) >= 11 is 0. The molecule has 0 saturated heterocycles. The minimum Gasteiger partial charge on any atom is -0.508 e. The van der Waals surface area contributed by atoms with E-state index in [1.54, 1.807) is 18.2 Å². The molecule has 22 heavy (non-hydrogen) atoms. The Morgan fingerprint density at radius 2 is 2.00 bits per heavy atom. The molecule has 0 unspecified atom stereocenters. The average molecular weight is 296 g/mol. The molecule has 2 N–H and O–H groups in total. The second-order valence-electron chi connectivity index (χ2n) is 5.67. The third kappa shape index (κ3) is 2.91. The summed E-state index contributed by atoms with van der Waals surface area (Å²) in [5, 5.41) is 12.4. The maximum absolute atomic E-state index is 12.7. The number of para-hydroxylation sites is 1. The van der Waals surface area contributed by atoms with Gasteiger partial charge in [-0.1, -0.05) is 18.2 Å². The first kappa shape index (κ1) is 14.4. The first-order valence-corrected chi connectivity index (χ1v) is 7.61. The Balaban J connectivity index is 1.85. The summed E-state index contributed by atoms with van der Waals surface area (Å²) in [6.07, 6.45) is 3.11. The number of aromatic hydroxyl groups is 1. The van der Waals surface area contributed by atoms with Gasteiger partial charge in [-0.3, -0.25) is 4.90 Å². The zero-order valence-electron chi connectivity index (χ0n) is 12.7. The van der Waals surface area contributed by atoms with E-state index < -0.39 is 0 Å². The van der Waals surface area contributed by atoms with Crippen LogP contribution in [0.25, 0.3) is 0 Å². The van der Waals surface area contributed by atoms with Crippen LogP contribution in [0.3, 0.4) is 0 Å². The van der Waals surface area contributed by atoms with Crippen molar-refractivity contribution in [3.8, 4) is 5.75 Å². The number of hydrogen-bond acceptors (Lipinski definition) is 2. The normalized spacial score (nSPS) is 14.1. The van der Waals surface area contributed by atoms with Crippen LogP contribution in [0.15, 0.2) is 42.5 Å². The highest BCUT2D eigenvalue weighted by atomic mass is 16.3. The molecule has 114 valence electrons. The first-order chi connectivity index (χ1) is 10.6. The maximum Gasteiger partial charge on any atom is 0.326 e. The van der Waals surface area contributed by atoms with E-state index in [0.717, 1.165) is 42.7 Å². The largest absolute Gasteiger partial charge is 0.508 e. The summed E-state index contributed by atoms with van der Waals surface area (Å²) < 4.78 is 0. The van der Waals surface area contributed by atoms with Crippen molar-refractivity contribution in [2.45, 2.75) is 26.2 Å². The maximum atomic E-state index is 12.7. The highest BCUT2D eigenvalue weighted by molar-refractivity contribution is 6.02. The number of aryl methyl sites for hydroxylation is 2. The molecule has 2 aromatic carbocycles. The number of rotatable bonds is 1. The number of urea groups is 1. The lowest BCUT2D eigenvalue weighted by Crippen LogP contribution is -2.35. The number of nitrogens with zero attached hydrogens (tertiary/aromatic N) is 1. The van der Waals surface area contributed by atoms with Crippen LogP contribution >= 0.6 is 0 Å². The Labute approximate surface area is 130 Å². The van der Waals surface area contributed by atoms with Crippen molar-refractivity contribution in [1.29, 1.82) is 0 Å². The molecule has 0 saturated carbocycles. The third-order valence-electron chi connectivity index (χ3n) is 4.06. The predicted molar refractivity (Wildman–Crippen MR) is 88.6 cm³/mol. The molecule has 4 heteroatoms. The van der Waals surface area contributed by atoms with Crippen molar-refractivity contribution >= 4 is 17.4 Å². The number of amides is 2. The average Bonchev–Trinajstić information content (AvgIpc) is 2.72. The molecule has 0 aliphatic carbocycles. The molecular formula is C18H20N2O2. The van der Waals surface area contributed by atoms with Gasteiger partial charge in [-0.15, -0.1) is 0 Å². The Morgan fingerprint density at radius 3 is 2.82 bits per heavy atom. The molecule has 2 amide bonds. The smallest absolute Gasteiger partial charge is 0.326 e. The van der Waals surface area contributed by atoms with E-state index in [1.807, 2.05) is 30.0 Å². The van der Waals surface area contributed by atoms with Crippen LogP contribution in [-0.4, -0.2) is 17.7 Å². The second-order valence-corrected chi connectivity index (χ2v) is 5.67. The molecule has 1 heterocycles. The van der Waals surface area contributed by atoms with Crippen LogP contribution < -0.4 is 10.2 Å². The van der Waals surface area contributed by atoms with E-state index in [4.69, 9.17) is 0 Å². The van der Waals surface area contributed by atoms with Gasteiger partial charge in [-0.05, 0) is 61.6 Å². The highest BCUT2D eigenvalue weighted by Crippen LogP contribution is 2.27. The fourth-order valence-corrected chi connectivity index (χ4v) is 2.87. The molecule has 0 aromatic heterocycles. The van der Waals surface area contributed by atoms with E-state index in [2.05, 4.69) is 11.4 Å². The van der Waals surface area contributed by atoms with Crippen molar-refractivity contribution in [3.63, 3.8) is 0 Å². The van der Waals surface area contributed by atoms with E-state index in [1.165, 1.54) is 5.56 Å². The predicted octanol–water partition coefficient (Wildman–Crippen LogP) is 4.08. The van der Waals surface area contributed by atoms with Crippen LogP contribution in [0, 0.1) is 6.92 Å². The first-order valence-electron chi connectivity index (χ1n) is 7.61. The Kier molecular flexibility index (Phi) is 4.00. The van der Waals surface area contributed by atoms with Crippen LogP contribution in [0.1, 0.15) is 24.0 Å². The summed E-state index contributed by atoms with van der Waals surface area (Å²) in [4.78, 5) is 14.5. The van der Waals surface area contributed by atoms with Gasteiger partial charge < -0.3 is 10.4 Å². The quantitative estimate of drug-likeness (QED) is 0.779. The van der Waals surface area contributed by atoms with Gasteiger partial charge in [-0.2, -0.15) is 0 Å². The van der Waals surface area contributed by atoms with Crippen molar-refractivity contribution in [1.82, 2.24) is 0 Å². The van der Waals surface area contributed by atoms with E-state index in [-0.39, 0.29) is 11.8 Å². The van der Waals surface area contributed by atoms with Crippen molar-refractivity contribution in [2.24, 2.45) is 0 Å². The molecule has 0 radical (unpaired) electrons. The molecule has 4 nitrogen and oxygen atoms in total. The topological polar surface area (TPSA) is 52.6 Å². The summed E-state index contributed by atoms with van der Waals surface area (Å²) in [5.74, 6) is 0.204. The van der Waals surface area contributed by atoms with Gasteiger partial charge in [0.15, 0.2) is 0 Å². The summed E-state index contributed by atoms with van der Waals surface area (Å²) in [7, 11) is 0. The lowest BCUT2D eigenvalue weighted by molar-refractivity contribution is 0.257. The Morgan fingerprint density at radius 1 is 1.18 bits per heavy atom. The number of phenols is 1. The lowest BCUT2D eigenvalue weighted by Gasteiger charge is -2.23. The zero-order valence-corrected chi connectivity index (χ0v) is 12.7. The van der Waals surface area contributed by atoms with Crippen LogP contribution in [0.4, 0.5) is 16.2 Å². The highest BCUT2D eigenvalue weighted by Gasteiger charge is 2.21. The minimum atomic E-state index is -0.122. The number of nitrogens with one attached hydrogen (secondary N) is 1. The standard InChI is InChI=1S/C18H20N2O2/c1-13-12-15(21)9-10-16(13)19-18(22)20-11-5-4-7-14-6-2-3-8-17(14)20/h2-3,6,8-10,12,21H,4-5,7,11H2,1H3,(H,19,22). The molecule has 0 atom stereocenters. The molecule has 0 fully saturated rings. The number of anilines is 2. The summed E-state index contributed by atoms with van der Waals surface area (Å²) in [6, 6.07) is 12.9. The molecule has 0 bridgehead atoms. The summed E-state index contributed by atoms with van der Waals surface area (Å²) in [5.41, 5.74) is 3.78.